The number of carbonyl (C=O) groups excluding carboxylic acids is 1. The maximum Gasteiger partial charge on any atom is 0.248 e. The van der Waals surface area contributed by atoms with E-state index < -0.39 is 5.91 Å². The molecule has 0 saturated carbocycles. The van der Waals surface area contributed by atoms with E-state index >= 15 is 0 Å². The van der Waals surface area contributed by atoms with Crippen molar-refractivity contribution in [3.8, 4) is 0 Å². The van der Waals surface area contributed by atoms with E-state index in [9.17, 15) is 4.79 Å². The van der Waals surface area contributed by atoms with Gasteiger partial charge in [-0.15, -0.1) is 0 Å². The van der Waals surface area contributed by atoms with Gasteiger partial charge in [-0.25, -0.2) is 4.98 Å². The second-order valence-electron chi connectivity index (χ2n) is 6.05. The number of hydrogen-bond donors (Lipinski definition) is 4. The molecule has 4 rings (SSSR count). The Morgan fingerprint density at radius 1 is 1.15 bits per heavy atom. The monoisotopic (exact) mass is 359 g/mol. The number of carbonyl (C=O) groups is 1. The number of primary amides is 1. The van der Waals surface area contributed by atoms with E-state index in [4.69, 9.17) is 5.73 Å². The van der Waals surface area contributed by atoms with Crippen LogP contribution in [-0.4, -0.2) is 26.1 Å². The van der Waals surface area contributed by atoms with E-state index in [-0.39, 0.29) is 0 Å². The van der Waals surface area contributed by atoms with Crippen LogP contribution in [0.3, 0.4) is 0 Å². The molecule has 0 unspecified atom stereocenters. The van der Waals surface area contributed by atoms with Crippen molar-refractivity contribution in [3.63, 3.8) is 0 Å². The number of fused-ring (bicyclic) bond motifs is 1. The van der Waals surface area contributed by atoms with Crippen LogP contribution < -0.4 is 16.4 Å². The summed E-state index contributed by atoms with van der Waals surface area (Å²) < 4.78 is 0. The largest absolute Gasteiger partial charge is 0.366 e. The number of hydrogen-bond acceptors (Lipinski definition) is 6. The Labute approximate surface area is 154 Å². The number of aryl methyl sites for hydroxylation is 1. The minimum absolute atomic E-state index is 0.402. The molecule has 0 radical (unpaired) electrons. The van der Waals surface area contributed by atoms with Gasteiger partial charge >= 0.3 is 0 Å². The second kappa shape index (κ2) is 6.75. The third kappa shape index (κ3) is 3.40. The first-order valence-electron chi connectivity index (χ1n) is 8.30. The van der Waals surface area contributed by atoms with Crippen LogP contribution in [-0.2, 0) is 0 Å². The molecule has 5 N–H and O–H groups in total. The molecule has 1 amide bonds. The molecule has 2 aromatic carbocycles. The van der Waals surface area contributed by atoms with Crippen molar-refractivity contribution in [2.75, 3.05) is 10.6 Å². The van der Waals surface area contributed by atoms with Crippen LogP contribution in [0.25, 0.3) is 10.9 Å². The molecular formula is C19H17N7O. The van der Waals surface area contributed by atoms with Gasteiger partial charge in [-0.3, -0.25) is 9.89 Å². The molecule has 4 aromatic rings. The molecular weight excluding hydrogens is 342 g/mol. The summed E-state index contributed by atoms with van der Waals surface area (Å²) in [5, 5.41) is 14.5. The molecule has 0 atom stereocenters. The van der Waals surface area contributed by atoms with Gasteiger partial charge in [-0.2, -0.15) is 10.1 Å². The number of aromatic nitrogens is 4. The normalized spacial score (nSPS) is 10.7. The van der Waals surface area contributed by atoms with Crippen molar-refractivity contribution >= 4 is 40.0 Å². The van der Waals surface area contributed by atoms with Crippen LogP contribution >= 0.6 is 0 Å². The van der Waals surface area contributed by atoms with E-state index in [0.717, 1.165) is 22.2 Å². The molecule has 2 heterocycles. The SMILES string of the molecule is Cc1ccc2[nH]ncc2c1Nc1ccnc(Nc2cccc(C(N)=O)c2)n1. The first-order chi connectivity index (χ1) is 13.1. The molecule has 2 aromatic heterocycles. The van der Waals surface area contributed by atoms with Crippen LogP contribution in [0, 0.1) is 6.92 Å². The molecule has 0 spiro atoms. The fraction of sp³-hybridized carbons (Fsp3) is 0.0526. The van der Waals surface area contributed by atoms with Gasteiger partial charge in [0.05, 0.1) is 17.4 Å². The summed E-state index contributed by atoms with van der Waals surface area (Å²) in [4.78, 5) is 20.0. The lowest BCUT2D eigenvalue weighted by atomic mass is 10.1. The third-order valence-corrected chi connectivity index (χ3v) is 4.14. The van der Waals surface area contributed by atoms with Crippen molar-refractivity contribution in [1.29, 1.82) is 0 Å². The Morgan fingerprint density at radius 3 is 2.89 bits per heavy atom. The highest BCUT2D eigenvalue weighted by molar-refractivity contribution is 5.94. The highest BCUT2D eigenvalue weighted by atomic mass is 16.1. The Hall–Kier alpha value is -3.94. The lowest BCUT2D eigenvalue weighted by Crippen LogP contribution is -2.11. The van der Waals surface area contributed by atoms with E-state index in [0.29, 0.717) is 23.0 Å². The van der Waals surface area contributed by atoms with Crippen molar-refractivity contribution in [1.82, 2.24) is 20.2 Å². The quantitative estimate of drug-likeness (QED) is 0.434. The predicted octanol–water partition coefficient (Wildman–Crippen LogP) is 3.25. The van der Waals surface area contributed by atoms with Crippen molar-refractivity contribution in [2.45, 2.75) is 6.92 Å². The number of nitrogens with zero attached hydrogens (tertiary/aromatic N) is 3. The van der Waals surface area contributed by atoms with Gasteiger partial charge in [0.15, 0.2) is 0 Å². The standard InChI is InChI=1S/C19H17N7O/c1-11-5-6-15-14(10-22-26-15)17(11)24-16-7-8-21-19(25-16)23-13-4-2-3-12(9-13)18(20)27/h2-10H,1H3,(H2,20,27)(H,22,26)(H2,21,23,24,25). The average molecular weight is 359 g/mol. The molecule has 8 nitrogen and oxygen atoms in total. The summed E-state index contributed by atoms with van der Waals surface area (Å²) in [7, 11) is 0. The Kier molecular flexibility index (Phi) is 4.13. The molecule has 0 aliphatic heterocycles. The number of aromatic amines is 1. The first-order valence-corrected chi connectivity index (χ1v) is 8.30. The molecule has 0 bridgehead atoms. The lowest BCUT2D eigenvalue weighted by molar-refractivity contribution is 0.100. The van der Waals surface area contributed by atoms with Crippen LogP contribution in [0.1, 0.15) is 15.9 Å². The molecule has 0 saturated heterocycles. The number of nitrogens with two attached hydrogens (primary N) is 1. The highest BCUT2D eigenvalue weighted by Gasteiger charge is 2.09. The summed E-state index contributed by atoms with van der Waals surface area (Å²) in [5.41, 5.74) is 9.36. The Bertz CT molecular complexity index is 1140. The van der Waals surface area contributed by atoms with Gasteiger partial charge in [0, 0.05) is 22.8 Å². The Balaban J connectivity index is 1.61. The second-order valence-corrected chi connectivity index (χ2v) is 6.05. The molecule has 0 aliphatic rings. The van der Waals surface area contributed by atoms with Crippen LogP contribution in [0.2, 0.25) is 0 Å². The zero-order valence-corrected chi connectivity index (χ0v) is 14.5. The van der Waals surface area contributed by atoms with E-state index in [1.54, 1.807) is 36.7 Å². The minimum Gasteiger partial charge on any atom is -0.366 e. The number of nitrogens with one attached hydrogen (secondary N) is 3. The summed E-state index contributed by atoms with van der Waals surface area (Å²) in [6.45, 7) is 2.02. The van der Waals surface area contributed by atoms with Gasteiger partial charge in [-0.1, -0.05) is 12.1 Å². The molecule has 8 heteroatoms. The lowest BCUT2D eigenvalue weighted by Gasteiger charge is -2.11. The number of rotatable bonds is 5. The van der Waals surface area contributed by atoms with Gasteiger partial charge < -0.3 is 16.4 Å². The summed E-state index contributed by atoms with van der Waals surface area (Å²) in [6.07, 6.45) is 3.43. The van der Waals surface area contributed by atoms with Gasteiger partial charge in [-0.05, 0) is 42.8 Å². The highest BCUT2D eigenvalue weighted by Crippen LogP contribution is 2.28. The van der Waals surface area contributed by atoms with Gasteiger partial charge in [0.1, 0.15) is 5.82 Å². The van der Waals surface area contributed by atoms with Crippen molar-refractivity contribution < 1.29 is 4.79 Å². The van der Waals surface area contributed by atoms with Gasteiger partial charge in [0.2, 0.25) is 11.9 Å². The zero-order valence-electron chi connectivity index (χ0n) is 14.5. The number of amides is 1. The topological polar surface area (TPSA) is 122 Å². The maximum atomic E-state index is 11.3. The Morgan fingerprint density at radius 2 is 2.04 bits per heavy atom. The van der Waals surface area contributed by atoms with Crippen LogP contribution in [0.15, 0.2) is 54.9 Å². The molecule has 0 fully saturated rings. The van der Waals surface area contributed by atoms with Crippen molar-refractivity contribution in [2.24, 2.45) is 5.73 Å². The smallest absolute Gasteiger partial charge is 0.248 e. The summed E-state index contributed by atoms with van der Waals surface area (Å²) >= 11 is 0. The number of benzene rings is 2. The molecule has 134 valence electrons. The average Bonchev–Trinajstić information content (AvgIpc) is 3.14. The minimum atomic E-state index is -0.487. The maximum absolute atomic E-state index is 11.3. The number of anilines is 4. The van der Waals surface area contributed by atoms with Crippen LogP contribution in [0.4, 0.5) is 23.1 Å². The fourth-order valence-corrected chi connectivity index (χ4v) is 2.79. The summed E-state index contributed by atoms with van der Waals surface area (Å²) in [6, 6.07) is 12.6. The zero-order chi connectivity index (χ0) is 18.8. The number of H-pyrrole nitrogens is 1. The van der Waals surface area contributed by atoms with E-state index in [1.807, 2.05) is 25.1 Å². The fourth-order valence-electron chi connectivity index (χ4n) is 2.79. The van der Waals surface area contributed by atoms with Crippen LogP contribution in [0.5, 0.6) is 0 Å². The molecule has 0 aliphatic carbocycles. The van der Waals surface area contributed by atoms with E-state index in [1.165, 1.54) is 0 Å². The van der Waals surface area contributed by atoms with Gasteiger partial charge in [0.25, 0.3) is 0 Å². The van der Waals surface area contributed by atoms with Crippen molar-refractivity contribution in [3.05, 3.63) is 66.0 Å². The predicted molar refractivity (Wildman–Crippen MR) is 104 cm³/mol. The third-order valence-electron chi connectivity index (χ3n) is 4.14. The summed E-state index contributed by atoms with van der Waals surface area (Å²) in [5.74, 6) is 0.549. The van der Waals surface area contributed by atoms with E-state index in [2.05, 4.69) is 30.8 Å². The molecule has 27 heavy (non-hydrogen) atoms. The first kappa shape index (κ1) is 16.5.